The Morgan fingerprint density at radius 3 is 1.26 bits per heavy atom. The average molecular weight is 430 g/mol. The molecule has 2 rings (SSSR count). The molecule has 0 fully saturated rings. The first-order valence-corrected chi connectivity index (χ1v) is 10.1. The summed E-state index contributed by atoms with van der Waals surface area (Å²) in [6, 6.07) is 13.2. The lowest BCUT2D eigenvalue weighted by molar-refractivity contribution is 0.0487. The molecule has 0 radical (unpaired) electrons. The fourth-order valence-corrected chi connectivity index (χ4v) is 2.65. The molecule has 31 heavy (non-hydrogen) atoms. The van der Waals surface area contributed by atoms with Crippen LogP contribution in [-0.4, -0.2) is 59.4 Å². The standard InChI is InChI=1S/C24H30O7/c1-23(2,27)21(25)17-5-9-19(10-6-17)30-15-13-29-14-16-31-20-11-7-18(8-12-20)22(26)24(3,4)28/h5-12,27-28H,13-16H2,1-4H3. The number of Topliss-reactive ketones (excluding diaryl/α,β-unsaturated/α-hetero) is 2. The highest BCUT2D eigenvalue weighted by Crippen LogP contribution is 2.18. The molecule has 2 aromatic rings. The van der Waals surface area contributed by atoms with Crippen molar-refractivity contribution < 1.29 is 34.0 Å². The van der Waals surface area contributed by atoms with Crippen LogP contribution in [0.25, 0.3) is 0 Å². The van der Waals surface area contributed by atoms with E-state index in [1.54, 1.807) is 48.5 Å². The lowest BCUT2D eigenvalue weighted by atomic mass is 9.97. The van der Waals surface area contributed by atoms with Crippen LogP contribution in [0.4, 0.5) is 0 Å². The molecular formula is C24H30O7. The van der Waals surface area contributed by atoms with Crippen molar-refractivity contribution in [2.24, 2.45) is 0 Å². The molecule has 0 spiro atoms. The predicted octanol–water partition coefficient (Wildman–Crippen LogP) is 3.07. The van der Waals surface area contributed by atoms with E-state index in [1.807, 2.05) is 0 Å². The lowest BCUT2D eigenvalue weighted by Gasteiger charge is -2.15. The average Bonchev–Trinajstić information content (AvgIpc) is 2.71. The van der Waals surface area contributed by atoms with Crippen LogP contribution in [0.3, 0.4) is 0 Å². The van der Waals surface area contributed by atoms with Gasteiger partial charge in [-0.15, -0.1) is 0 Å². The van der Waals surface area contributed by atoms with E-state index < -0.39 is 11.2 Å². The van der Waals surface area contributed by atoms with E-state index in [9.17, 15) is 19.8 Å². The third-order valence-electron chi connectivity index (χ3n) is 4.34. The molecule has 0 atom stereocenters. The highest BCUT2D eigenvalue weighted by Gasteiger charge is 2.25. The molecule has 7 nitrogen and oxygen atoms in total. The second-order valence-corrected chi connectivity index (χ2v) is 8.13. The SMILES string of the molecule is CC(C)(O)C(=O)c1ccc(OCCOCCOc2ccc(C(=O)C(C)(C)O)cc2)cc1. The summed E-state index contributed by atoms with van der Waals surface area (Å²) in [5.41, 5.74) is -1.97. The Hall–Kier alpha value is -2.74. The van der Waals surface area contributed by atoms with Crippen LogP contribution in [0.2, 0.25) is 0 Å². The van der Waals surface area contributed by atoms with Gasteiger partial charge in [-0.05, 0) is 76.2 Å². The summed E-state index contributed by atoms with van der Waals surface area (Å²) in [7, 11) is 0. The Kier molecular flexibility index (Phi) is 8.33. The number of hydrogen-bond acceptors (Lipinski definition) is 7. The number of benzene rings is 2. The molecule has 0 aliphatic heterocycles. The molecule has 0 unspecified atom stereocenters. The molecule has 0 aromatic heterocycles. The zero-order valence-electron chi connectivity index (χ0n) is 18.4. The summed E-state index contributed by atoms with van der Waals surface area (Å²) in [5.74, 6) is 0.516. The Bertz CT molecular complexity index is 783. The van der Waals surface area contributed by atoms with Crippen LogP contribution in [0.15, 0.2) is 48.5 Å². The van der Waals surface area contributed by atoms with Crippen LogP contribution in [-0.2, 0) is 4.74 Å². The van der Waals surface area contributed by atoms with Crippen molar-refractivity contribution in [2.45, 2.75) is 38.9 Å². The third-order valence-corrected chi connectivity index (χ3v) is 4.34. The highest BCUT2D eigenvalue weighted by atomic mass is 16.5. The van der Waals surface area contributed by atoms with Gasteiger partial charge in [-0.3, -0.25) is 9.59 Å². The number of ether oxygens (including phenoxy) is 3. The lowest BCUT2D eigenvalue weighted by Crippen LogP contribution is -2.30. The molecule has 2 aromatic carbocycles. The maximum absolute atomic E-state index is 12.0. The van der Waals surface area contributed by atoms with Crippen molar-refractivity contribution in [2.75, 3.05) is 26.4 Å². The summed E-state index contributed by atoms with van der Waals surface area (Å²) in [4.78, 5) is 24.0. The first kappa shape index (κ1) is 24.5. The van der Waals surface area contributed by atoms with Gasteiger partial charge in [0, 0.05) is 11.1 Å². The summed E-state index contributed by atoms with van der Waals surface area (Å²) in [6.07, 6.45) is 0. The molecule has 0 heterocycles. The first-order chi connectivity index (χ1) is 14.5. The van der Waals surface area contributed by atoms with Gasteiger partial charge in [0.2, 0.25) is 0 Å². The second-order valence-electron chi connectivity index (χ2n) is 8.13. The van der Waals surface area contributed by atoms with Gasteiger partial charge in [0.15, 0.2) is 11.6 Å². The Balaban J connectivity index is 1.64. The second kappa shape index (κ2) is 10.5. The minimum absolute atomic E-state index is 0.340. The van der Waals surface area contributed by atoms with Gasteiger partial charge in [-0.2, -0.15) is 0 Å². The molecule has 0 aliphatic carbocycles. The van der Waals surface area contributed by atoms with Crippen molar-refractivity contribution in [3.63, 3.8) is 0 Å². The van der Waals surface area contributed by atoms with E-state index in [0.29, 0.717) is 49.1 Å². The van der Waals surface area contributed by atoms with E-state index >= 15 is 0 Å². The number of ketones is 2. The highest BCUT2D eigenvalue weighted by molar-refractivity contribution is 6.02. The maximum atomic E-state index is 12.0. The van der Waals surface area contributed by atoms with Gasteiger partial charge in [0.05, 0.1) is 13.2 Å². The van der Waals surface area contributed by atoms with Crippen LogP contribution in [0.1, 0.15) is 48.4 Å². The predicted molar refractivity (Wildman–Crippen MR) is 116 cm³/mol. The van der Waals surface area contributed by atoms with E-state index in [0.717, 1.165) is 0 Å². The van der Waals surface area contributed by atoms with E-state index in [4.69, 9.17) is 14.2 Å². The zero-order valence-corrected chi connectivity index (χ0v) is 18.4. The Morgan fingerprint density at radius 2 is 0.968 bits per heavy atom. The van der Waals surface area contributed by atoms with Gasteiger partial charge in [0.25, 0.3) is 0 Å². The van der Waals surface area contributed by atoms with Crippen LogP contribution in [0.5, 0.6) is 11.5 Å². The normalized spacial score (nSPS) is 11.8. The number of carbonyl (C=O) groups excluding carboxylic acids is 2. The quantitative estimate of drug-likeness (QED) is 0.394. The molecular weight excluding hydrogens is 400 g/mol. The molecule has 0 aliphatic rings. The van der Waals surface area contributed by atoms with Crippen LogP contribution in [0, 0.1) is 0 Å². The largest absolute Gasteiger partial charge is 0.491 e. The molecule has 0 saturated carbocycles. The van der Waals surface area contributed by atoms with Crippen molar-refractivity contribution in [3.05, 3.63) is 59.7 Å². The number of hydrogen-bond donors (Lipinski definition) is 2. The summed E-state index contributed by atoms with van der Waals surface area (Å²) < 4.78 is 16.6. The summed E-state index contributed by atoms with van der Waals surface area (Å²) in [5, 5.41) is 19.5. The van der Waals surface area contributed by atoms with E-state index in [2.05, 4.69) is 0 Å². The number of aliphatic hydroxyl groups is 2. The molecule has 0 amide bonds. The van der Waals surface area contributed by atoms with Gasteiger partial charge in [-0.1, -0.05) is 0 Å². The third kappa shape index (κ3) is 7.79. The molecule has 0 bridgehead atoms. The van der Waals surface area contributed by atoms with Crippen LogP contribution < -0.4 is 9.47 Å². The van der Waals surface area contributed by atoms with Gasteiger partial charge < -0.3 is 24.4 Å². The minimum atomic E-state index is -1.41. The molecule has 0 saturated heterocycles. The van der Waals surface area contributed by atoms with E-state index in [-0.39, 0.29) is 11.6 Å². The summed E-state index contributed by atoms with van der Waals surface area (Å²) in [6.45, 7) is 7.23. The van der Waals surface area contributed by atoms with Crippen molar-refractivity contribution in [3.8, 4) is 11.5 Å². The van der Waals surface area contributed by atoms with E-state index in [1.165, 1.54) is 27.7 Å². The summed E-state index contributed by atoms with van der Waals surface area (Å²) >= 11 is 0. The topological polar surface area (TPSA) is 102 Å². The minimum Gasteiger partial charge on any atom is -0.491 e. The molecule has 168 valence electrons. The number of rotatable bonds is 12. The smallest absolute Gasteiger partial charge is 0.193 e. The fraction of sp³-hybridized carbons (Fsp3) is 0.417. The van der Waals surface area contributed by atoms with Crippen molar-refractivity contribution in [1.82, 2.24) is 0 Å². The van der Waals surface area contributed by atoms with Crippen LogP contribution >= 0.6 is 0 Å². The van der Waals surface area contributed by atoms with Gasteiger partial charge in [0.1, 0.15) is 35.9 Å². The molecule has 7 heteroatoms. The fourth-order valence-electron chi connectivity index (χ4n) is 2.65. The molecule has 2 N–H and O–H groups in total. The van der Waals surface area contributed by atoms with Crippen molar-refractivity contribution in [1.29, 1.82) is 0 Å². The Labute approximate surface area is 182 Å². The van der Waals surface area contributed by atoms with Gasteiger partial charge >= 0.3 is 0 Å². The number of carbonyl (C=O) groups is 2. The van der Waals surface area contributed by atoms with Gasteiger partial charge in [-0.25, -0.2) is 0 Å². The zero-order chi connectivity index (χ0) is 23.1. The maximum Gasteiger partial charge on any atom is 0.193 e. The Morgan fingerprint density at radius 1 is 0.645 bits per heavy atom. The monoisotopic (exact) mass is 430 g/mol. The first-order valence-electron chi connectivity index (χ1n) is 10.1. The van der Waals surface area contributed by atoms with Crippen molar-refractivity contribution >= 4 is 11.6 Å².